The van der Waals surface area contributed by atoms with Gasteiger partial charge in [-0.05, 0) is 62.3 Å². The number of halogens is 1. The average molecular weight is 358 g/mol. The first-order chi connectivity index (χ1) is 12.4. The van der Waals surface area contributed by atoms with Crippen LogP contribution in [0.5, 0.6) is 0 Å². The topological polar surface area (TPSA) is 49.4 Å². The van der Waals surface area contributed by atoms with Crippen molar-refractivity contribution in [2.45, 2.75) is 45.1 Å². The molecule has 0 saturated heterocycles. The Morgan fingerprint density at radius 1 is 1.12 bits per heavy atom. The van der Waals surface area contributed by atoms with Gasteiger partial charge in [-0.3, -0.25) is 9.59 Å². The van der Waals surface area contributed by atoms with Gasteiger partial charge in [0, 0.05) is 24.6 Å². The number of hydrogen-bond donors (Lipinski definition) is 1. The maximum atomic E-state index is 13.7. The zero-order valence-corrected chi connectivity index (χ0v) is 15.3. The van der Waals surface area contributed by atoms with Crippen LogP contribution in [-0.2, 0) is 16.1 Å². The normalized spacial score (nSPS) is 31.7. The van der Waals surface area contributed by atoms with Gasteiger partial charge in [-0.25, -0.2) is 4.39 Å². The van der Waals surface area contributed by atoms with Crippen molar-refractivity contribution in [2.75, 3.05) is 13.6 Å². The number of hydrogen-bond acceptors (Lipinski definition) is 2. The van der Waals surface area contributed by atoms with E-state index in [9.17, 15) is 14.0 Å². The van der Waals surface area contributed by atoms with Crippen molar-refractivity contribution in [1.82, 2.24) is 10.2 Å². The summed E-state index contributed by atoms with van der Waals surface area (Å²) in [6.07, 6.45) is 6.84. The molecule has 4 bridgehead atoms. The number of likely N-dealkylation sites (N-methyl/N-ethyl adjacent to an activating group) is 1. The van der Waals surface area contributed by atoms with E-state index in [1.54, 1.807) is 25.2 Å². The van der Waals surface area contributed by atoms with E-state index >= 15 is 0 Å². The Balaban J connectivity index is 1.33. The molecule has 4 aliphatic rings. The van der Waals surface area contributed by atoms with Gasteiger partial charge in [0.1, 0.15) is 5.82 Å². The Labute approximate surface area is 154 Å². The summed E-state index contributed by atoms with van der Waals surface area (Å²) >= 11 is 0. The van der Waals surface area contributed by atoms with Gasteiger partial charge >= 0.3 is 0 Å². The summed E-state index contributed by atoms with van der Waals surface area (Å²) in [6.45, 7) is 0.199. The molecule has 5 rings (SSSR count). The lowest BCUT2D eigenvalue weighted by Gasteiger charge is -2.55. The van der Waals surface area contributed by atoms with Crippen LogP contribution in [0.4, 0.5) is 4.39 Å². The fraction of sp³-hybridized carbons (Fsp3) is 0.619. The van der Waals surface area contributed by atoms with E-state index in [-0.39, 0.29) is 36.1 Å². The monoisotopic (exact) mass is 358 g/mol. The van der Waals surface area contributed by atoms with Gasteiger partial charge in [0.05, 0.1) is 6.54 Å². The summed E-state index contributed by atoms with van der Waals surface area (Å²) in [4.78, 5) is 26.7. The molecule has 0 radical (unpaired) electrons. The molecule has 2 amide bonds. The minimum absolute atomic E-state index is 0.00840. The smallest absolute Gasteiger partial charge is 0.242 e. The number of carbonyl (C=O) groups excluding carboxylic acids is 2. The molecule has 4 aliphatic carbocycles. The lowest BCUT2D eigenvalue weighted by molar-refractivity contribution is -0.147. The largest absolute Gasteiger partial charge is 0.347 e. The molecule has 0 spiro atoms. The Morgan fingerprint density at radius 2 is 1.69 bits per heavy atom. The molecule has 4 nitrogen and oxygen atoms in total. The maximum Gasteiger partial charge on any atom is 0.242 e. The molecule has 0 atom stereocenters. The molecular weight excluding hydrogens is 331 g/mol. The van der Waals surface area contributed by atoms with Gasteiger partial charge in [-0.2, -0.15) is 0 Å². The predicted molar refractivity (Wildman–Crippen MR) is 96.5 cm³/mol. The molecule has 26 heavy (non-hydrogen) atoms. The van der Waals surface area contributed by atoms with Gasteiger partial charge in [-0.1, -0.05) is 18.2 Å². The van der Waals surface area contributed by atoms with Crippen LogP contribution in [-0.4, -0.2) is 30.3 Å². The van der Waals surface area contributed by atoms with Crippen molar-refractivity contribution in [1.29, 1.82) is 0 Å². The standard InChI is InChI=1S/C21H27FN2O2/c1-24(13-17-4-2-3-5-18(17)22)19(25)12-23-20(26)21-9-14-6-15(10-21)8-16(7-14)11-21/h2-5,14-16H,6-13H2,1H3,(H,23,26). The second-order valence-corrected chi connectivity index (χ2v) is 8.72. The molecule has 1 aromatic carbocycles. The van der Waals surface area contributed by atoms with E-state index in [0.29, 0.717) is 23.3 Å². The van der Waals surface area contributed by atoms with Crippen molar-refractivity contribution in [3.05, 3.63) is 35.6 Å². The first-order valence-electron chi connectivity index (χ1n) is 9.71. The van der Waals surface area contributed by atoms with Crippen molar-refractivity contribution >= 4 is 11.8 Å². The molecule has 4 saturated carbocycles. The number of nitrogens with zero attached hydrogens (tertiary/aromatic N) is 1. The number of rotatable bonds is 5. The third-order valence-electron chi connectivity index (χ3n) is 6.71. The second-order valence-electron chi connectivity index (χ2n) is 8.72. The van der Waals surface area contributed by atoms with Crippen LogP contribution in [0.3, 0.4) is 0 Å². The molecule has 140 valence electrons. The first kappa shape index (κ1) is 17.5. The SMILES string of the molecule is CN(Cc1ccccc1F)C(=O)CNC(=O)C12CC3CC(CC(C3)C1)C2. The number of carbonyl (C=O) groups is 2. The first-order valence-corrected chi connectivity index (χ1v) is 9.71. The highest BCUT2D eigenvalue weighted by Crippen LogP contribution is 2.60. The van der Waals surface area contributed by atoms with Gasteiger partial charge in [-0.15, -0.1) is 0 Å². The van der Waals surface area contributed by atoms with Crippen LogP contribution >= 0.6 is 0 Å². The van der Waals surface area contributed by atoms with E-state index in [0.717, 1.165) is 19.3 Å². The second kappa shape index (κ2) is 6.67. The molecule has 0 unspecified atom stereocenters. The quantitative estimate of drug-likeness (QED) is 0.879. The van der Waals surface area contributed by atoms with Crippen molar-refractivity contribution in [2.24, 2.45) is 23.2 Å². The van der Waals surface area contributed by atoms with Crippen LogP contribution in [0, 0.1) is 29.0 Å². The van der Waals surface area contributed by atoms with Gasteiger partial charge in [0.15, 0.2) is 0 Å². The number of amides is 2. The predicted octanol–water partition coefficient (Wildman–Crippen LogP) is 3.12. The Morgan fingerprint density at radius 3 is 2.27 bits per heavy atom. The lowest BCUT2D eigenvalue weighted by Crippen LogP contribution is -2.54. The third kappa shape index (κ3) is 3.24. The highest BCUT2D eigenvalue weighted by atomic mass is 19.1. The molecule has 1 N–H and O–H groups in total. The summed E-state index contributed by atoms with van der Waals surface area (Å²) in [7, 11) is 1.64. The molecule has 4 fully saturated rings. The summed E-state index contributed by atoms with van der Waals surface area (Å²) in [5.74, 6) is 1.66. The Kier molecular flexibility index (Phi) is 4.49. The summed E-state index contributed by atoms with van der Waals surface area (Å²) in [6, 6.07) is 6.45. The average Bonchev–Trinajstić information content (AvgIpc) is 2.60. The highest BCUT2D eigenvalue weighted by Gasteiger charge is 2.54. The third-order valence-corrected chi connectivity index (χ3v) is 6.71. The van der Waals surface area contributed by atoms with Crippen LogP contribution in [0.15, 0.2) is 24.3 Å². The van der Waals surface area contributed by atoms with Crippen molar-refractivity contribution < 1.29 is 14.0 Å². The van der Waals surface area contributed by atoms with Crippen LogP contribution in [0.1, 0.15) is 44.1 Å². The van der Waals surface area contributed by atoms with Crippen LogP contribution in [0.25, 0.3) is 0 Å². The lowest BCUT2D eigenvalue weighted by atomic mass is 9.49. The van der Waals surface area contributed by atoms with E-state index in [1.807, 2.05) is 0 Å². The van der Waals surface area contributed by atoms with Crippen molar-refractivity contribution in [3.63, 3.8) is 0 Å². The molecule has 1 aromatic rings. The molecule has 0 aliphatic heterocycles. The van der Waals surface area contributed by atoms with Gasteiger partial charge in [0.25, 0.3) is 0 Å². The van der Waals surface area contributed by atoms with Crippen molar-refractivity contribution in [3.8, 4) is 0 Å². The summed E-state index contributed by atoms with van der Waals surface area (Å²) < 4.78 is 13.7. The fourth-order valence-corrected chi connectivity index (χ4v) is 5.84. The fourth-order valence-electron chi connectivity index (χ4n) is 5.84. The zero-order chi connectivity index (χ0) is 18.3. The van der Waals surface area contributed by atoms with E-state index in [4.69, 9.17) is 0 Å². The Hall–Kier alpha value is -1.91. The van der Waals surface area contributed by atoms with E-state index < -0.39 is 0 Å². The minimum Gasteiger partial charge on any atom is -0.347 e. The summed E-state index contributed by atoms with van der Waals surface area (Å²) in [5, 5.41) is 2.90. The Bertz CT molecular complexity index is 682. The number of benzene rings is 1. The van der Waals surface area contributed by atoms with E-state index in [2.05, 4.69) is 5.32 Å². The van der Waals surface area contributed by atoms with Crippen LogP contribution < -0.4 is 5.32 Å². The van der Waals surface area contributed by atoms with E-state index in [1.165, 1.54) is 30.2 Å². The minimum atomic E-state index is -0.315. The molecule has 0 heterocycles. The highest BCUT2D eigenvalue weighted by molar-refractivity contribution is 5.88. The molecule has 0 aromatic heterocycles. The summed E-state index contributed by atoms with van der Waals surface area (Å²) in [5.41, 5.74) is 0.245. The van der Waals surface area contributed by atoms with Crippen LogP contribution in [0.2, 0.25) is 0 Å². The number of nitrogens with one attached hydrogen (secondary N) is 1. The molecule has 5 heteroatoms. The maximum absolute atomic E-state index is 13.7. The van der Waals surface area contributed by atoms with Gasteiger partial charge in [0.2, 0.25) is 11.8 Å². The molecular formula is C21H27FN2O2. The zero-order valence-electron chi connectivity index (χ0n) is 15.3. The van der Waals surface area contributed by atoms with Gasteiger partial charge < -0.3 is 10.2 Å².